The van der Waals surface area contributed by atoms with Crippen LogP contribution in [0.4, 0.5) is 22.4 Å². The molecule has 0 spiro atoms. The smallest absolute Gasteiger partial charge is 0.363 e. The molecule has 0 aromatic heterocycles. The summed E-state index contributed by atoms with van der Waals surface area (Å²) in [6, 6.07) is 8.58. The number of rotatable bonds is 3. The Balaban J connectivity index is 2.17. The second kappa shape index (κ2) is 6.66. The van der Waals surface area contributed by atoms with E-state index in [0.717, 1.165) is 12.1 Å². The van der Waals surface area contributed by atoms with Gasteiger partial charge in [0, 0.05) is 5.56 Å². The van der Waals surface area contributed by atoms with Crippen molar-refractivity contribution in [3.05, 3.63) is 71.5 Å². The fourth-order valence-corrected chi connectivity index (χ4v) is 3.10. The van der Waals surface area contributed by atoms with Crippen LogP contribution in [-0.4, -0.2) is 28.8 Å². The van der Waals surface area contributed by atoms with Crippen molar-refractivity contribution >= 4 is 11.8 Å². The zero-order valence-corrected chi connectivity index (χ0v) is 13.6. The van der Waals surface area contributed by atoms with E-state index < -0.39 is 41.5 Å². The normalized spacial score (nSPS) is 25.4. The van der Waals surface area contributed by atoms with Gasteiger partial charge in [0.05, 0.1) is 6.04 Å². The molecule has 0 radical (unpaired) electrons. The summed E-state index contributed by atoms with van der Waals surface area (Å²) < 4.78 is 54.6. The van der Waals surface area contributed by atoms with Gasteiger partial charge < -0.3 is 15.7 Å². The lowest BCUT2D eigenvalue weighted by Gasteiger charge is -2.45. The van der Waals surface area contributed by atoms with E-state index in [2.05, 4.69) is 5.32 Å². The molecule has 5 nitrogen and oxygen atoms in total. The van der Waals surface area contributed by atoms with E-state index in [0.29, 0.717) is 0 Å². The fourth-order valence-electron chi connectivity index (χ4n) is 3.10. The molecule has 3 atom stereocenters. The molecule has 1 saturated heterocycles. The maximum atomic E-state index is 13.7. The Morgan fingerprint density at radius 2 is 1.74 bits per heavy atom. The van der Waals surface area contributed by atoms with Crippen molar-refractivity contribution in [2.75, 3.05) is 0 Å². The van der Waals surface area contributed by atoms with Gasteiger partial charge in [-0.25, -0.2) is 9.18 Å². The van der Waals surface area contributed by atoms with Gasteiger partial charge in [-0.3, -0.25) is 4.79 Å². The third-order valence-electron chi connectivity index (χ3n) is 4.35. The van der Waals surface area contributed by atoms with Crippen LogP contribution in [-0.2, 0) is 0 Å². The minimum Gasteiger partial charge on any atom is -0.363 e. The topological polar surface area (TPSA) is 78.4 Å². The molecular weight excluding hydrogens is 368 g/mol. The number of ketones is 1. The number of carbonyl (C=O) groups is 2. The molecular formula is C18H14F4N2O3. The first kappa shape index (κ1) is 18.8. The minimum absolute atomic E-state index is 0.0817. The molecule has 27 heavy (non-hydrogen) atoms. The monoisotopic (exact) mass is 382 g/mol. The van der Waals surface area contributed by atoms with E-state index in [9.17, 15) is 32.3 Å². The molecule has 0 unspecified atom stereocenters. The molecule has 0 aliphatic carbocycles. The summed E-state index contributed by atoms with van der Waals surface area (Å²) in [5.74, 6) is -4.00. The lowest BCUT2D eigenvalue weighted by molar-refractivity contribution is -0.287. The highest BCUT2D eigenvalue weighted by Gasteiger charge is 2.66. The molecule has 3 rings (SSSR count). The largest absolute Gasteiger partial charge is 0.437 e. The lowest BCUT2D eigenvalue weighted by atomic mass is 9.77. The number of benzene rings is 2. The average Bonchev–Trinajstić information content (AvgIpc) is 2.60. The first-order chi connectivity index (χ1) is 12.6. The number of halogens is 4. The Kier molecular flexibility index (Phi) is 4.64. The predicted molar refractivity (Wildman–Crippen MR) is 86.1 cm³/mol. The van der Waals surface area contributed by atoms with Gasteiger partial charge in [0.1, 0.15) is 11.7 Å². The Morgan fingerprint density at radius 3 is 2.33 bits per heavy atom. The zero-order valence-electron chi connectivity index (χ0n) is 13.6. The molecule has 0 saturated carbocycles. The second-order valence-electron chi connectivity index (χ2n) is 6.10. The number of alkyl halides is 3. The molecule has 142 valence electrons. The van der Waals surface area contributed by atoms with Gasteiger partial charge in [0.25, 0.3) is 0 Å². The van der Waals surface area contributed by atoms with Crippen LogP contribution in [0.25, 0.3) is 0 Å². The lowest BCUT2D eigenvalue weighted by Crippen LogP contribution is -2.72. The first-order valence-corrected chi connectivity index (χ1v) is 7.86. The number of hydrogen-bond acceptors (Lipinski definition) is 3. The third kappa shape index (κ3) is 3.37. The van der Waals surface area contributed by atoms with Gasteiger partial charge in [0.15, 0.2) is 5.78 Å². The first-order valence-electron chi connectivity index (χ1n) is 7.86. The Morgan fingerprint density at radius 1 is 1.07 bits per heavy atom. The molecule has 1 heterocycles. The van der Waals surface area contributed by atoms with Gasteiger partial charge in [-0.2, -0.15) is 13.2 Å². The van der Waals surface area contributed by atoms with Crippen LogP contribution in [0, 0.1) is 11.7 Å². The van der Waals surface area contributed by atoms with Crippen molar-refractivity contribution in [3.63, 3.8) is 0 Å². The Labute approximate surface area is 151 Å². The molecule has 9 heteroatoms. The van der Waals surface area contributed by atoms with E-state index in [-0.39, 0.29) is 11.1 Å². The fraction of sp³-hybridized carbons (Fsp3) is 0.222. The molecule has 2 aromatic rings. The Bertz CT molecular complexity index is 872. The van der Waals surface area contributed by atoms with Crippen molar-refractivity contribution in [2.45, 2.75) is 17.9 Å². The number of urea groups is 1. The van der Waals surface area contributed by atoms with Gasteiger partial charge >= 0.3 is 12.2 Å². The van der Waals surface area contributed by atoms with Crippen molar-refractivity contribution in [1.29, 1.82) is 0 Å². The average molecular weight is 382 g/mol. The third-order valence-corrected chi connectivity index (χ3v) is 4.35. The predicted octanol–water partition coefficient (Wildman–Crippen LogP) is 2.93. The minimum atomic E-state index is -5.36. The molecule has 1 aliphatic rings. The maximum Gasteiger partial charge on any atom is 0.437 e. The van der Waals surface area contributed by atoms with Crippen molar-refractivity contribution in [1.82, 2.24) is 10.6 Å². The molecule has 1 aliphatic heterocycles. The number of amides is 2. The molecule has 1 fully saturated rings. The van der Waals surface area contributed by atoms with Gasteiger partial charge in [-0.05, 0) is 17.7 Å². The SMILES string of the molecule is O=C1N[C@H](c2cccc(F)c2)[C@@H](C(=O)c2ccccc2)[C@](O)(C(F)(F)F)N1. The molecule has 2 amide bonds. The zero-order chi connectivity index (χ0) is 19.8. The number of carbonyl (C=O) groups excluding carboxylic acids is 2. The summed E-state index contributed by atoms with van der Waals surface area (Å²) in [5.41, 5.74) is -4.01. The summed E-state index contributed by atoms with van der Waals surface area (Å²) >= 11 is 0. The summed E-state index contributed by atoms with van der Waals surface area (Å²) in [6.07, 6.45) is -5.36. The summed E-state index contributed by atoms with van der Waals surface area (Å²) in [4.78, 5) is 24.7. The van der Waals surface area contributed by atoms with Crippen LogP contribution < -0.4 is 10.6 Å². The van der Waals surface area contributed by atoms with Crippen LogP contribution in [0.5, 0.6) is 0 Å². The summed E-state index contributed by atoms with van der Waals surface area (Å²) in [6.45, 7) is 0. The van der Waals surface area contributed by atoms with Crippen LogP contribution in [0.2, 0.25) is 0 Å². The van der Waals surface area contributed by atoms with Crippen LogP contribution in [0.15, 0.2) is 54.6 Å². The van der Waals surface area contributed by atoms with Crippen molar-refractivity contribution < 1.29 is 32.3 Å². The highest BCUT2D eigenvalue weighted by atomic mass is 19.4. The molecule has 2 aromatic carbocycles. The van der Waals surface area contributed by atoms with E-state index in [4.69, 9.17) is 0 Å². The van der Waals surface area contributed by atoms with Gasteiger partial charge in [-0.1, -0.05) is 42.5 Å². The van der Waals surface area contributed by atoms with Gasteiger partial charge in [-0.15, -0.1) is 0 Å². The highest BCUT2D eigenvalue weighted by Crippen LogP contribution is 2.43. The van der Waals surface area contributed by atoms with Crippen LogP contribution in [0.3, 0.4) is 0 Å². The number of aliphatic hydroxyl groups is 1. The quantitative estimate of drug-likeness (QED) is 0.564. The molecule has 0 bridgehead atoms. The second-order valence-corrected chi connectivity index (χ2v) is 6.10. The summed E-state index contributed by atoms with van der Waals surface area (Å²) in [7, 11) is 0. The standard InChI is InChI=1S/C18H14F4N2O3/c19-12-8-4-7-11(9-12)14-13(15(25)10-5-2-1-3-6-10)17(27,18(20,21)22)24-16(26)23-14/h1-9,13-14,27H,(H2,23,24,26)/t13-,14+,17-/m0/s1. The Hall–Kier alpha value is -2.94. The summed E-state index contributed by atoms with van der Waals surface area (Å²) in [5, 5.41) is 14.0. The van der Waals surface area contributed by atoms with Crippen molar-refractivity contribution in [3.8, 4) is 0 Å². The van der Waals surface area contributed by atoms with Crippen LogP contribution in [0.1, 0.15) is 22.0 Å². The van der Waals surface area contributed by atoms with Crippen LogP contribution >= 0.6 is 0 Å². The van der Waals surface area contributed by atoms with E-state index >= 15 is 0 Å². The van der Waals surface area contributed by atoms with Gasteiger partial charge in [0.2, 0.25) is 5.72 Å². The van der Waals surface area contributed by atoms with E-state index in [1.165, 1.54) is 41.7 Å². The number of nitrogens with one attached hydrogen (secondary N) is 2. The van der Waals surface area contributed by atoms with E-state index in [1.807, 2.05) is 0 Å². The highest BCUT2D eigenvalue weighted by molar-refractivity contribution is 6.00. The number of Topliss-reactive ketones (excluding diaryl/α,β-unsaturated/α-hetero) is 1. The molecule has 3 N–H and O–H groups in total. The van der Waals surface area contributed by atoms with Crippen molar-refractivity contribution in [2.24, 2.45) is 5.92 Å². The maximum absolute atomic E-state index is 13.7. The number of hydrogen-bond donors (Lipinski definition) is 3. The van der Waals surface area contributed by atoms with E-state index in [1.54, 1.807) is 6.07 Å².